The lowest BCUT2D eigenvalue weighted by Gasteiger charge is -2.03. The van der Waals surface area contributed by atoms with Crippen LogP contribution in [0.1, 0.15) is 10.4 Å². The van der Waals surface area contributed by atoms with Crippen molar-refractivity contribution in [1.82, 2.24) is 5.32 Å². The second-order valence-corrected chi connectivity index (χ2v) is 3.30. The molecule has 0 bridgehead atoms. The van der Waals surface area contributed by atoms with Crippen molar-refractivity contribution in [3.05, 3.63) is 29.6 Å². The molecule has 2 amide bonds. The van der Waals surface area contributed by atoms with E-state index in [9.17, 15) is 14.0 Å². The van der Waals surface area contributed by atoms with Crippen LogP contribution in [0.3, 0.4) is 0 Å². The van der Waals surface area contributed by atoms with Crippen LogP contribution in [0.4, 0.5) is 4.39 Å². The number of benzene rings is 1. The zero-order chi connectivity index (χ0) is 11.4. The molecule has 0 saturated carbocycles. The van der Waals surface area contributed by atoms with Crippen molar-refractivity contribution < 1.29 is 14.0 Å². The molecule has 6 heteroatoms. The molecular formula is C9H9FN2O2S. The van der Waals surface area contributed by atoms with Crippen molar-refractivity contribution in [1.29, 1.82) is 0 Å². The summed E-state index contributed by atoms with van der Waals surface area (Å²) in [6.45, 7) is -0.252. The van der Waals surface area contributed by atoms with E-state index in [1.54, 1.807) is 0 Å². The Morgan fingerprint density at radius 1 is 1.47 bits per heavy atom. The standard InChI is InChI=1S/C9H9FN2O2S/c10-6-2-1-5(3-7(6)15)9(14)12-4-8(11)13/h1-3,15H,4H2,(H2,11,13)(H,12,14). The molecule has 0 unspecified atom stereocenters. The number of primary amides is 1. The number of hydrogen-bond donors (Lipinski definition) is 3. The summed E-state index contributed by atoms with van der Waals surface area (Å²) in [7, 11) is 0. The summed E-state index contributed by atoms with van der Waals surface area (Å²) in [5.41, 5.74) is 5.07. The average Bonchev–Trinajstić information content (AvgIpc) is 2.18. The third kappa shape index (κ3) is 3.25. The highest BCUT2D eigenvalue weighted by atomic mass is 32.1. The quantitative estimate of drug-likeness (QED) is 0.652. The molecule has 1 aromatic rings. The highest BCUT2D eigenvalue weighted by Crippen LogP contribution is 2.13. The molecule has 0 fully saturated rings. The molecule has 15 heavy (non-hydrogen) atoms. The Kier molecular flexibility index (Phi) is 3.68. The predicted molar refractivity (Wildman–Crippen MR) is 55.2 cm³/mol. The van der Waals surface area contributed by atoms with E-state index in [1.165, 1.54) is 12.1 Å². The summed E-state index contributed by atoms with van der Waals surface area (Å²) in [6.07, 6.45) is 0. The summed E-state index contributed by atoms with van der Waals surface area (Å²) in [4.78, 5) is 21.8. The smallest absolute Gasteiger partial charge is 0.251 e. The molecule has 0 atom stereocenters. The fourth-order valence-electron chi connectivity index (χ4n) is 0.923. The van der Waals surface area contributed by atoms with Gasteiger partial charge in [-0.05, 0) is 18.2 Å². The van der Waals surface area contributed by atoms with Crippen LogP contribution < -0.4 is 11.1 Å². The Hall–Kier alpha value is -1.56. The number of nitrogens with two attached hydrogens (primary N) is 1. The lowest BCUT2D eigenvalue weighted by atomic mass is 10.2. The van der Waals surface area contributed by atoms with E-state index in [2.05, 4.69) is 17.9 Å². The van der Waals surface area contributed by atoms with Crippen molar-refractivity contribution in [2.24, 2.45) is 5.73 Å². The van der Waals surface area contributed by atoms with Crippen LogP contribution in [0.2, 0.25) is 0 Å². The molecule has 0 aromatic heterocycles. The highest BCUT2D eigenvalue weighted by molar-refractivity contribution is 7.80. The fraction of sp³-hybridized carbons (Fsp3) is 0.111. The van der Waals surface area contributed by atoms with Gasteiger partial charge in [-0.1, -0.05) is 0 Å². The van der Waals surface area contributed by atoms with Gasteiger partial charge in [-0.2, -0.15) is 0 Å². The van der Waals surface area contributed by atoms with E-state index < -0.39 is 17.6 Å². The molecule has 1 aromatic carbocycles. The van der Waals surface area contributed by atoms with E-state index in [1.807, 2.05) is 0 Å². The average molecular weight is 228 g/mol. The first-order valence-electron chi connectivity index (χ1n) is 4.05. The van der Waals surface area contributed by atoms with Gasteiger partial charge in [0.25, 0.3) is 5.91 Å². The molecule has 0 heterocycles. The molecule has 0 aliphatic carbocycles. The van der Waals surface area contributed by atoms with Crippen LogP contribution in [0.5, 0.6) is 0 Å². The van der Waals surface area contributed by atoms with Gasteiger partial charge in [0, 0.05) is 10.5 Å². The first-order chi connectivity index (χ1) is 7.00. The molecule has 0 radical (unpaired) electrons. The van der Waals surface area contributed by atoms with E-state index in [0.29, 0.717) is 0 Å². The summed E-state index contributed by atoms with van der Waals surface area (Å²) < 4.78 is 12.8. The first-order valence-corrected chi connectivity index (χ1v) is 4.50. The second kappa shape index (κ2) is 4.79. The monoisotopic (exact) mass is 228 g/mol. The number of carbonyl (C=O) groups is 2. The van der Waals surface area contributed by atoms with Gasteiger partial charge in [-0.25, -0.2) is 4.39 Å². The summed E-state index contributed by atoms with van der Waals surface area (Å²) in [5, 5.41) is 2.28. The minimum atomic E-state index is -0.642. The predicted octanol–water partition coefficient (Wildman–Crippen LogP) is 0.329. The third-order valence-corrected chi connectivity index (χ3v) is 1.97. The molecule has 0 spiro atoms. The van der Waals surface area contributed by atoms with Gasteiger partial charge in [-0.15, -0.1) is 12.6 Å². The van der Waals surface area contributed by atoms with Gasteiger partial charge in [0.1, 0.15) is 5.82 Å². The van der Waals surface area contributed by atoms with Crippen molar-refractivity contribution in [3.63, 3.8) is 0 Å². The minimum absolute atomic E-state index is 0.0710. The SMILES string of the molecule is NC(=O)CNC(=O)c1ccc(F)c(S)c1. The van der Waals surface area contributed by atoms with E-state index in [4.69, 9.17) is 5.73 Å². The van der Waals surface area contributed by atoms with Gasteiger partial charge < -0.3 is 11.1 Å². The minimum Gasteiger partial charge on any atom is -0.368 e. The lowest BCUT2D eigenvalue weighted by molar-refractivity contribution is -0.117. The summed E-state index contributed by atoms with van der Waals surface area (Å²) in [5.74, 6) is -1.65. The maximum absolute atomic E-state index is 12.8. The Balaban J connectivity index is 2.74. The van der Waals surface area contributed by atoms with Crippen LogP contribution >= 0.6 is 12.6 Å². The molecule has 0 saturated heterocycles. The van der Waals surface area contributed by atoms with E-state index in [0.717, 1.165) is 6.07 Å². The number of amides is 2. The zero-order valence-electron chi connectivity index (χ0n) is 7.66. The number of halogens is 1. The first kappa shape index (κ1) is 11.5. The highest BCUT2D eigenvalue weighted by Gasteiger charge is 2.08. The molecule has 80 valence electrons. The fourth-order valence-corrected chi connectivity index (χ4v) is 1.14. The number of thiol groups is 1. The molecule has 0 aliphatic heterocycles. The largest absolute Gasteiger partial charge is 0.368 e. The van der Waals surface area contributed by atoms with Crippen molar-refractivity contribution in [2.45, 2.75) is 4.90 Å². The molecular weight excluding hydrogens is 219 g/mol. The van der Waals surface area contributed by atoms with Crippen LogP contribution in [0, 0.1) is 5.82 Å². The van der Waals surface area contributed by atoms with Crippen molar-refractivity contribution >= 4 is 24.4 Å². The van der Waals surface area contributed by atoms with Gasteiger partial charge >= 0.3 is 0 Å². The van der Waals surface area contributed by atoms with E-state index in [-0.39, 0.29) is 17.0 Å². The molecule has 0 aliphatic rings. The van der Waals surface area contributed by atoms with Gasteiger partial charge in [0.15, 0.2) is 0 Å². The Bertz CT molecular complexity index is 409. The Morgan fingerprint density at radius 3 is 2.67 bits per heavy atom. The van der Waals surface area contributed by atoms with Crippen molar-refractivity contribution in [2.75, 3.05) is 6.54 Å². The van der Waals surface area contributed by atoms with Gasteiger partial charge in [0.05, 0.1) is 6.54 Å². The number of hydrogen-bond acceptors (Lipinski definition) is 3. The zero-order valence-corrected chi connectivity index (χ0v) is 8.55. The van der Waals surface area contributed by atoms with Crippen LogP contribution in [0.15, 0.2) is 23.1 Å². The molecule has 3 N–H and O–H groups in total. The normalized spacial score (nSPS) is 9.73. The second-order valence-electron chi connectivity index (χ2n) is 2.82. The summed E-state index contributed by atoms with van der Waals surface area (Å²) >= 11 is 3.82. The van der Waals surface area contributed by atoms with Crippen molar-refractivity contribution in [3.8, 4) is 0 Å². The maximum atomic E-state index is 12.8. The molecule has 1 rings (SSSR count). The Labute approximate surface area is 91.1 Å². The van der Waals surface area contributed by atoms with Crippen LogP contribution in [0.25, 0.3) is 0 Å². The van der Waals surface area contributed by atoms with Crippen LogP contribution in [-0.4, -0.2) is 18.4 Å². The van der Waals surface area contributed by atoms with E-state index >= 15 is 0 Å². The topological polar surface area (TPSA) is 72.2 Å². The van der Waals surface area contributed by atoms with Gasteiger partial charge in [-0.3, -0.25) is 9.59 Å². The number of nitrogens with one attached hydrogen (secondary N) is 1. The molecule has 4 nitrogen and oxygen atoms in total. The number of carbonyl (C=O) groups excluding carboxylic acids is 2. The lowest BCUT2D eigenvalue weighted by Crippen LogP contribution is -2.33. The summed E-state index contributed by atoms with van der Waals surface area (Å²) in [6, 6.07) is 3.70. The van der Waals surface area contributed by atoms with Gasteiger partial charge in [0.2, 0.25) is 5.91 Å². The number of rotatable bonds is 3. The van der Waals surface area contributed by atoms with Crippen LogP contribution in [-0.2, 0) is 4.79 Å². The Morgan fingerprint density at radius 2 is 2.13 bits per heavy atom. The third-order valence-electron chi connectivity index (χ3n) is 1.63. The maximum Gasteiger partial charge on any atom is 0.251 e.